The summed E-state index contributed by atoms with van der Waals surface area (Å²) in [5.41, 5.74) is 1.56. The van der Waals surface area contributed by atoms with Crippen molar-refractivity contribution in [3.8, 4) is 5.75 Å². The van der Waals surface area contributed by atoms with Crippen LogP contribution in [0.3, 0.4) is 0 Å². The van der Waals surface area contributed by atoms with Gasteiger partial charge in [0.05, 0.1) is 6.61 Å². The van der Waals surface area contributed by atoms with Gasteiger partial charge in [0, 0.05) is 44.6 Å². The van der Waals surface area contributed by atoms with Gasteiger partial charge in [-0.25, -0.2) is 0 Å². The fraction of sp³-hybridized carbons (Fsp3) is 0.312. The first kappa shape index (κ1) is 15.3. The number of rotatable bonds is 6. The number of nitrogens with zero attached hydrogens (tertiary/aromatic N) is 2. The minimum atomic E-state index is -0.383. The number of benzene rings is 1. The number of hydrogen-bond acceptors (Lipinski definition) is 4. The number of aromatic nitrogens is 1. The Morgan fingerprint density at radius 2 is 1.90 bits per heavy atom. The maximum Gasteiger partial charge on any atom is 0.223 e. The van der Waals surface area contributed by atoms with Crippen LogP contribution in [0.1, 0.15) is 11.3 Å². The van der Waals surface area contributed by atoms with Crippen molar-refractivity contribution in [3.05, 3.63) is 64.1 Å². The molecule has 0 aliphatic heterocycles. The summed E-state index contributed by atoms with van der Waals surface area (Å²) in [7, 11) is 1.79. The van der Waals surface area contributed by atoms with Crippen LogP contribution in [-0.2, 0) is 20.1 Å². The van der Waals surface area contributed by atoms with E-state index in [2.05, 4.69) is 4.90 Å². The highest BCUT2D eigenvalue weighted by Crippen LogP contribution is 2.10. The zero-order chi connectivity index (χ0) is 15.2. The molecule has 21 heavy (non-hydrogen) atoms. The van der Waals surface area contributed by atoms with E-state index in [1.54, 1.807) is 11.6 Å². The van der Waals surface area contributed by atoms with Crippen molar-refractivity contribution in [2.24, 2.45) is 7.05 Å². The molecule has 0 bridgehead atoms. The summed E-state index contributed by atoms with van der Waals surface area (Å²) >= 11 is 0. The molecule has 5 nitrogen and oxygen atoms in total. The van der Waals surface area contributed by atoms with Gasteiger partial charge >= 0.3 is 0 Å². The zero-order valence-corrected chi connectivity index (χ0v) is 12.1. The largest absolute Gasteiger partial charge is 0.503 e. The van der Waals surface area contributed by atoms with E-state index in [-0.39, 0.29) is 17.8 Å². The molecule has 2 N–H and O–H groups in total. The van der Waals surface area contributed by atoms with Gasteiger partial charge in [-0.2, -0.15) is 0 Å². The van der Waals surface area contributed by atoms with Crippen molar-refractivity contribution in [3.63, 3.8) is 0 Å². The fourth-order valence-corrected chi connectivity index (χ4v) is 2.24. The monoisotopic (exact) mass is 288 g/mol. The first-order valence-corrected chi connectivity index (χ1v) is 6.86. The molecule has 0 fully saturated rings. The molecule has 0 aliphatic carbocycles. The molecule has 1 heterocycles. The van der Waals surface area contributed by atoms with Crippen LogP contribution in [-0.4, -0.2) is 32.8 Å². The second-order valence-electron chi connectivity index (χ2n) is 5.05. The molecule has 0 radical (unpaired) electrons. The minimum absolute atomic E-state index is 0.0544. The molecule has 0 atom stereocenters. The average Bonchev–Trinajstić information content (AvgIpc) is 2.46. The van der Waals surface area contributed by atoms with E-state index in [1.165, 1.54) is 12.3 Å². The number of aromatic hydroxyl groups is 1. The van der Waals surface area contributed by atoms with Gasteiger partial charge in [-0.05, 0) is 5.56 Å². The van der Waals surface area contributed by atoms with Crippen molar-refractivity contribution in [2.45, 2.75) is 13.1 Å². The summed E-state index contributed by atoms with van der Waals surface area (Å²) in [6, 6.07) is 11.4. The summed E-state index contributed by atoms with van der Waals surface area (Å²) in [4.78, 5) is 13.6. The number of aliphatic hydroxyl groups excluding tert-OH is 1. The smallest absolute Gasteiger partial charge is 0.223 e. The predicted octanol–water partition coefficient (Wildman–Crippen LogP) is 1.09. The Balaban J connectivity index is 2.16. The third-order valence-electron chi connectivity index (χ3n) is 3.37. The van der Waals surface area contributed by atoms with Crippen molar-refractivity contribution in [1.82, 2.24) is 9.47 Å². The van der Waals surface area contributed by atoms with Crippen LogP contribution in [0.4, 0.5) is 0 Å². The molecule has 2 aromatic rings. The standard InChI is InChI=1S/C16H20N2O3/c1-17-12-16(21)15(20)9-14(17)11-18(7-8-19)10-13-5-3-2-4-6-13/h2-6,9,12,19,21H,7-8,10-11H2,1H3. The molecule has 1 aromatic carbocycles. The molecule has 2 rings (SSSR count). The number of aryl methyl sites for hydroxylation is 1. The molecule has 0 aliphatic rings. The van der Waals surface area contributed by atoms with E-state index in [4.69, 9.17) is 0 Å². The van der Waals surface area contributed by atoms with Crippen LogP contribution < -0.4 is 5.43 Å². The Hall–Kier alpha value is -2.11. The van der Waals surface area contributed by atoms with Gasteiger partial charge in [-0.15, -0.1) is 0 Å². The highest BCUT2D eigenvalue weighted by molar-refractivity contribution is 5.20. The molecular formula is C16H20N2O3. The molecular weight excluding hydrogens is 268 g/mol. The van der Waals surface area contributed by atoms with Crippen LogP contribution in [0, 0.1) is 0 Å². The highest BCUT2D eigenvalue weighted by Gasteiger charge is 2.10. The third kappa shape index (κ3) is 4.18. The Morgan fingerprint density at radius 3 is 2.57 bits per heavy atom. The van der Waals surface area contributed by atoms with Crippen LogP contribution >= 0.6 is 0 Å². The molecule has 0 saturated heterocycles. The molecule has 0 spiro atoms. The van der Waals surface area contributed by atoms with E-state index in [9.17, 15) is 15.0 Å². The van der Waals surface area contributed by atoms with Gasteiger partial charge in [0.2, 0.25) is 5.43 Å². The van der Waals surface area contributed by atoms with Gasteiger partial charge in [-0.3, -0.25) is 9.69 Å². The van der Waals surface area contributed by atoms with Crippen LogP contribution in [0.15, 0.2) is 47.4 Å². The number of hydrogen-bond donors (Lipinski definition) is 2. The Labute approximate surface area is 123 Å². The zero-order valence-electron chi connectivity index (χ0n) is 12.1. The fourth-order valence-electron chi connectivity index (χ4n) is 2.24. The van der Waals surface area contributed by atoms with Gasteiger partial charge in [0.25, 0.3) is 0 Å². The van der Waals surface area contributed by atoms with E-state index in [1.807, 2.05) is 30.3 Å². The molecule has 0 saturated carbocycles. The quantitative estimate of drug-likeness (QED) is 0.835. The Kier molecular flexibility index (Phi) is 5.14. The van der Waals surface area contributed by atoms with E-state index < -0.39 is 0 Å². The molecule has 1 aromatic heterocycles. The first-order chi connectivity index (χ1) is 10.1. The number of pyridine rings is 1. The van der Waals surface area contributed by atoms with Crippen molar-refractivity contribution < 1.29 is 10.2 Å². The van der Waals surface area contributed by atoms with Gasteiger partial charge in [0.1, 0.15) is 0 Å². The van der Waals surface area contributed by atoms with E-state index in [0.717, 1.165) is 11.3 Å². The summed E-state index contributed by atoms with van der Waals surface area (Å²) in [6.45, 7) is 1.79. The lowest BCUT2D eigenvalue weighted by Gasteiger charge is -2.22. The van der Waals surface area contributed by atoms with Crippen LogP contribution in [0.5, 0.6) is 5.75 Å². The normalized spacial score (nSPS) is 11.0. The van der Waals surface area contributed by atoms with E-state index >= 15 is 0 Å². The maximum absolute atomic E-state index is 11.6. The summed E-state index contributed by atoms with van der Waals surface area (Å²) in [6.07, 6.45) is 1.41. The molecule has 5 heteroatoms. The Bertz CT molecular complexity index is 638. The second kappa shape index (κ2) is 7.06. The van der Waals surface area contributed by atoms with Gasteiger partial charge in [-0.1, -0.05) is 30.3 Å². The van der Waals surface area contributed by atoms with E-state index in [0.29, 0.717) is 19.6 Å². The summed E-state index contributed by atoms with van der Waals surface area (Å²) < 4.78 is 1.73. The lowest BCUT2D eigenvalue weighted by Crippen LogP contribution is -2.28. The predicted molar refractivity (Wildman–Crippen MR) is 81.0 cm³/mol. The number of aliphatic hydroxyl groups is 1. The van der Waals surface area contributed by atoms with Gasteiger partial charge in [0.15, 0.2) is 5.75 Å². The SMILES string of the molecule is Cn1cc(O)c(=O)cc1CN(CCO)Cc1ccccc1. The third-order valence-corrected chi connectivity index (χ3v) is 3.37. The highest BCUT2D eigenvalue weighted by atomic mass is 16.3. The topological polar surface area (TPSA) is 65.7 Å². The molecule has 0 amide bonds. The van der Waals surface area contributed by atoms with Crippen molar-refractivity contribution in [1.29, 1.82) is 0 Å². The maximum atomic E-state index is 11.6. The van der Waals surface area contributed by atoms with Crippen LogP contribution in [0.25, 0.3) is 0 Å². The van der Waals surface area contributed by atoms with Crippen molar-refractivity contribution >= 4 is 0 Å². The summed E-state index contributed by atoms with van der Waals surface area (Å²) in [5.74, 6) is -0.252. The average molecular weight is 288 g/mol. The summed E-state index contributed by atoms with van der Waals surface area (Å²) in [5, 5.41) is 18.6. The molecule has 112 valence electrons. The first-order valence-electron chi connectivity index (χ1n) is 6.86. The second-order valence-corrected chi connectivity index (χ2v) is 5.05. The Morgan fingerprint density at radius 1 is 1.19 bits per heavy atom. The van der Waals surface area contributed by atoms with Crippen molar-refractivity contribution in [2.75, 3.05) is 13.2 Å². The minimum Gasteiger partial charge on any atom is -0.503 e. The van der Waals surface area contributed by atoms with Gasteiger partial charge < -0.3 is 14.8 Å². The molecule has 0 unspecified atom stereocenters. The lowest BCUT2D eigenvalue weighted by atomic mass is 10.2. The van der Waals surface area contributed by atoms with Crippen LogP contribution in [0.2, 0.25) is 0 Å². The lowest BCUT2D eigenvalue weighted by molar-refractivity contribution is 0.181.